The van der Waals surface area contributed by atoms with Crippen molar-refractivity contribution in [3.63, 3.8) is 0 Å². The largest absolute Gasteiger partial charge is 0.438 e. The molecule has 1 aromatic heterocycles. The van der Waals surface area contributed by atoms with Crippen LogP contribution in [0, 0.1) is 17.7 Å². The summed E-state index contributed by atoms with van der Waals surface area (Å²) in [5.41, 5.74) is 0.548. The van der Waals surface area contributed by atoms with Crippen molar-refractivity contribution in [1.82, 2.24) is 9.78 Å². The lowest BCUT2D eigenvalue weighted by Gasteiger charge is -1.92. The van der Waals surface area contributed by atoms with Crippen LogP contribution in [0.1, 0.15) is 6.92 Å². The van der Waals surface area contributed by atoms with Crippen molar-refractivity contribution in [1.29, 1.82) is 0 Å². The summed E-state index contributed by atoms with van der Waals surface area (Å²) in [5, 5.41) is 3.96. The SMILES string of the molecule is CC#CCn1nc(-c2ccc(F)cc2)oc1=O. The molecule has 0 radical (unpaired) electrons. The molecule has 2 rings (SSSR count). The molecule has 1 aromatic carbocycles. The van der Waals surface area contributed by atoms with E-state index in [1.807, 2.05) is 0 Å². The minimum absolute atomic E-state index is 0.160. The summed E-state index contributed by atoms with van der Waals surface area (Å²) in [5.74, 6) is 4.60. The van der Waals surface area contributed by atoms with Crippen LogP contribution >= 0.6 is 0 Å². The Morgan fingerprint density at radius 3 is 2.76 bits per heavy atom. The third-order valence-corrected chi connectivity index (χ3v) is 2.10. The van der Waals surface area contributed by atoms with Gasteiger partial charge in [0, 0.05) is 5.56 Å². The van der Waals surface area contributed by atoms with Crippen LogP contribution in [0.3, 0.4) is 0 Å². The molecule has 1 heterocycles. The van der Waals surface area contributed by atoms with Crippen LogP contribution in [0.4, 0.5) is 4.39 Å². The van der Waals surface area contributed by atoms with Crippen LogP contribution in [0.2, 0.25) is 0 Å². The maximum Gasteiger partial charge on any atom is 0.438 e. The van der Waals surface area contributed by atoms with Gasteiger partial charge in [0.05, 0.1) is 0 Å². The Kier molecular flexibility index (Phi) is 3.06. The molecule has 86 valence electrons. The van der Waals surface area contributed by atoms with Crippen molar-refractivity contribution < 1.29 is 8.81 Å². The fourth-order valence-electron chi connectivity index (χ4n) is 1.27. The standard InChI is InChI=1S/C12H9FN2O2/c1-2-3-8-15-12(16)17-11(14-15)9-4-6-10(13)7-5-9/h4-7H,8H2,1H3. The van der Waals surface area contributed by atoms with Gasteiger partial charge in [-0.2, -0.15) is 4.68 Å². The lowest BCUT2D eigenvalue weighted by atomic mass is 10.2. The van der Waals surface area contributed by atoms with E-state index >= 15 is 0 Å². The fraction of sp³-hybridized carbons (Fsp3) is 0.167. The summed E-state index contributed by atoms with van der Waals surface area (Å²) in [7, 11) is 0. The maximum absolute atomic E-state index is 12.7. The van der Waals surface area contributed by atoms with E-state index in [-0.39, 0.29) is 18.3 Å². The van der Waals surface area contributed by atoms with Crippen LogP contribution in [0.25, 0.3) is 11.5 Å². The molecule has 0 saturated carbocycles. The van der Waals surface area contributed by atoms with Crippen molar-refractivity contribution in [3.05, 3.63) is 40.6 Å². The predicted octanol–water partition coefficient (Wildman–Crippen LogP) is 1.67. The molecule has 4 nitrogen and oxygen atoms in total. The maximum atomic E-state index is 12.7. The molecule has 0 bridgehead atoms. The van der Waals surface area contributed by atoms with Gasteiger partial charge in [0.25, 0.3) is 0 Å². The molecule has 0 N–H and O–H groups in total. The number of nitrogens with zero attached hydrogens (tertiary/aromatic N) is 2. The first-order valence-corrected chi connectivity index (χ1v) is 4.94. The van der Waals surface area contributed by atoms with Gasteiger partial charge in [-0.05, 0) is 31.2 Å². The van der Waals surface area contributed by atoms with Gasteiger partial charge in [-0.15, -0.1) is 11.0 Å². The van der Waals surface area contributed by atoms with Crippen LogP contribution in [0.15, 0.2) is 33.5 Å². The average Bonchev–Trinajstić information content (AvgIpc) is 2.69. The van der Waals surface area contributed by atoms with E-state index in [1.54, 1.807) is 6.92 Å². The lowest BCUT2D eigenvalue weighted by Crippen LogP contribution is -2.14. The van der Waals surface area contributed by atoms with Gasteiger partial charge < -0.3 is 4.42 Å². The van der Waals surface area contributed by atoms with Crippen molar-refractivity contribution in [2.75, 3.05) is 0 Å². The van der Waals surface area contributed by atoms with Gasteiger partial charge in [0.1, 0.15) is 12.4 Å². The number of aromatic nitrogens is 2. The highest BCUT2D eigenvalue weighted by atomic mass is 19.1. The Balaban J connectivity index is 2.36. The van der Waals surface area contributed by atoms with Crippen molar-refractivity contribution in [2.45, 2.75) is 13.5 Å². The molecular formula is C12H9FN2O2. The Labute approximate surface area is 96.7 Å². The molecule has 0 aliphatic rings. The van der Waals surface area contributed by atoms with Gasteiger partial charge in [0.15, 0.2) is 0 Å². The Hall–Kier alpha value is -2.35. The fourth-order valence-corrected chi connectivity index (χ4v) is 1.27. The average molecular weight is 232 g/mol. The minimum Gasteiger partial charge on any atom is -0.388 e. The first-order valence-electron chi connectivity index (χ1n) is 4.94. The van der Waals surface area contributed by atoms with E-state index in [0.717, 1.165) is 4.68 Å². The van der Waals surface area contributed by atoms with E-state index in [0.29, 0.717) is 5.56 Å². The molecule has 0 unspecified atom stereocenters. The Bertz CT molecular complexity index is 629. The monoisotopic (exact) mass is 232 g/mol. The molecule has 17 heavy (non-hydrogen) atoms. The van der Waals surface area contributed by atoms with Crippen LogP contribution in [0.5, 0.6) is 0 Å². The highest BCUT2D eigenvalue weighted by molar-refractivity contribution is 5.51. The lowest BCUT2D eigenvalue weighted by molar-refractivity contribution is 0.499. The molecule has 0 spiro atoms. The van der Waals surface area contributed by atoms with Gasteiger partial charge >= 0.3 is 5.76 Å². The van der Waals surface area contributed by atoms with E-state index in [4.69, 9.17) is 4.42 Å². The molecule has 0 aliphatic heterocycles. The van der Waals surface area contributed by atoms with E-state index in [2.05, 4.69) is 16.9 Å². The summed E-state index contributed by atoms with van der Waals surface area (Å²) in [6.07, 6.45) is 0. The van der Waals surface area contributed by atoms with E-state index < -0.39 is 5.76 Å². The molecule has 2 aromatic rings. The van der Waals surface area contributed by atoms with Crippen LogP contribution in [-0.2, 0) is 6.54 Å². The Morgan fingerprint density at radius 1 is 1.41 bits per heavy atom. The smallest absolute Gasteiger partial charge is 0.388 e. The number of benzene rings is 1. The third kappa shape index (κ3) is 2.42. The van der Waals surface area contributed by atoms with Gasteiger partial charge in [-0.1, -0.05) is 5.92 Å². The molecule has 0 fully saturated rings. The van der Waals surface area contributed by atoms with Crippen molar-refractivity contribution >= 4 is 0 Å². The third-order valence-electron chi connectivity index (χ3n) is 2.10. The highest BCUT2D eigenvalue weighted by Gasteiger charge is 2.09. The van der Waals surface area contributed by atoms with Crippen LogP contribution < -0.4 is 5.76 Å². The quantitative estimate of drug-likeness (QED) is 0.740. The van der Waals surface area contributed by atoms with Crippen molar-refractivity contribution in [3.8, 4) is 23.3 Å². The summed E-state index contributed by atoms with van der Waals surface area (Å²) in [4.78, 5) is 11.4. The van der Waals surface area contributed by atoms with Gasteiger partial charge in [-0.25, -0.2) is 9.18 Å². The number of hydrogen-bond donors (Lipinski definition) is 0. The second-order valence-electron chi connectivity index (χ2n) is 3.26. The number of halogens is 1. The van der Waals surface area contributed by atoms with Gasteiger partial charge in [0.2, 0.25) is 5.89 Å². The van der Waals surface area contributed by atoms with E-state index in [1.165, 1.54) is 24.3 Å². The van der Waals surface area contributed by atoms with Crippen LogP contribution in [-0.4, -0.2) is 9.78 Å². The molecular weight excluding hydrogens is 223 g/mol. The predicted molar refractivity (Wildman–Crippen MR) is 59.6 cm³/mol. The molecule has 0 amide bonds. The van der Waals surface area contributed by atoms with Gasteiger partial charge in [-0.3, -0.25) is 0 Å². The minimum atomic E-state index is -0.577. The first kappa shape index (κ1) is 11.1. The second kappa shape index (κ2) is 4.66. The van der Waals surface area contributed by atoms with E-state index in [9.17, 15) is 9.18 Å². The normalized spacial score (nSPS) is 9.76. The summed E-state index contributed by atoms with van der Waals surface area (Å²) >= 11 is 0. The summed E-state index contributed by atoms with van der Waals surface area (Å²) in [6.45, 7) is 1.85. The zero-order valence-electron chi connectivity index (χ0n) is 9.11. The number of hydrogen-bond acceptors (Lipinski definition) is 3. The second-order valence-corrected chi connectivity index (χ2v) is 3.26. The zero-order chi connectivity index (χ0) is 12.3. The highest BCUT2D eigenvalue weighted by Crippen LogP contribution is 2.15. The molecule has 5 heteroatoms. The molecule has 0 aliphatic carbocycles. The topological polar surface area (TPSA) is 48.0 Å². The first-order chi connectivity index (χ1) is 8.20. The molecule has 0 saturated heterocycles. The summed E-state index contributed by atoms with van der Waals surface area (Å²) in [6, 6.07) is 5.55. The Morgan fingerprint density at radius 2 is 2.12 bits per heavy atom. The summed E-state index contributed by atoms with van der Waals surface area (Å²) < 4.78 is 18.8. The number of rotatable bonds is 2. The zero-order valence-corrected chi connectivity index (χ0v) is 9.11. The molecule has 0 atom stereocenters. The van der Waals surface area contributed by atoms with Crippen molar-refractivity contribution in [2.24, 2.45) is 0 Å².